The van der Waals surface area contributed by atoms with Crippen molar-refractivity contribution in [2.45, 2.75) is 32.2 Å². The lowest BCUT2D eigenvalue weighted by molar-refractivity contribution is -0.128. The standard InChI is InChI=1S/C23H22N4O3/c1-2-10-29-20-8-6-16(7-9-20)14-27-15-19(12-21(27)28)22-25-23(30-26-22)18-5-3-4-17(11-18)13-24/h3-9,11,19H,2,10,12,14-15H2,1H3. The highest BCUT2D eigenvalue weighted by molar-refractivity contribution is 5.79. The maximum Gasteiger partial charge on any atom is 0.257 e. The lowest BCUT2D eigenvalue weighted by Gasteiger charge is -2.16. The Bertz CT molecular complexity index is 1070. The van der Waals surface area contributed by atoms with Gasteiger partial charge in [0.1, 0.15) is 5.75 Å². The minimum atomic E-state index is -0.110. The first-order chi connectivity index (χ1) is 14.7. The fourth-order valence-electron chi connectivity index (χ4n) is 3.47. The van der Waals surface area contributed by atoms with E-state index in [-0.39, 0.29) is 11.8 Å². The largest absolute Gasteiger partial charge is 0.494 e. The summed E-state index contributed by atoms with van der Waals surface area (Å²) >= 11 is 0. The first-order valence-corrected chi connectivity index (χ1v) is 10.00. The molecule has 0 aliphatic carbocycles. The average molecular weight is 402 g/mol. The highest BCUT2D eigenvalue weighted by Gasteiger charge is 2.33. The van der Waals surface area contributed by atoms with Gasteiger partial charge in [0.15, 0.2) is 5.82 Å². The molecule has 7 heteroatoms. The summed E-state index contributed by atoms with van der Waals surface area (Å²) in [7, 11) is 0. The molecule has 0 saturated carbocycles. The van der Waals surface area contributed by atoms with Crippen molar-refractivity contribution >= 4 is 5.91 Å². The van der Waals surface area contributed by atoms with Gasteiger partial charge in [-0.25, -0.2) is 0 Å². The second kappa shape index (κ2) is 8.78. The molecular weight excluding hydrogens is 380 g/mol. The van der Waals surface area contributed by atoms with E-state index in [1.165, 1.54) is 0 Å². The second-order valence-electron chi connectivity index (χ2n) is 7.32. The van der Waals surface area contributed by atoms with Gasteiger partial charge >= 0.3 is 0 Å². The van der Waals surface area contributed by atoms with E-state index in [4.69, 9.17) is 14.5 Å². The number of rotatable bonds is 7. The maximum absolute atomic E-state index is 12.5. The first kappa shape index (κ1) is 19.6. The third-order valence-corrected chi connectivity index (χ3v) is 5.03. The highest BCUT2D eigenvalue weighted by atomic mass is 16.5. The molecule has 1 aliphatic heterocycles. The average Bonchev–Trinajstić information content (AvgIpc) is 3.41. The summed E-state index contributed by atoms with van der Waals surface area (Å²) in [4.78, 5) is 18.8. The molecule has 1 aliphatic rings. The SMILES string of the molecule is CCCOc1ccc(CN2CC(c3noc(-c4cccc(C#N)c4)n3)CC2=O)cc1. The van der Waals surface area contributed by atoms with Gasteiger partial charge in [0, 0.05) is 31.0 Å². The maximum atomic E-state index is 12.5. The molecule has 1 amide bonds. The van der Waals surface area contributed by atoms with Crippen LogP contribution in [0.1, 0.15) is 42.6 Å². The van der Waals surface area contributed by atoms with Gasteiger partial charge in [-0.1, -0.05) is 30.3 Å². The topological polar surface area (TPSA) is 92.2 Å². The zero-order valence-corrected chi connectivity index (χ0v) is 16.7. The summed E-state index contributed by atoms with van der Waals surface area (Å²) in [5.41, 5.74) is 2.27. The van der Waals surface area contributed by atoms with E-state index < -0.39 is 0 Å². The second-order valence-corrected chi connectivity index (χ2v) is 7.32. The number of carbonyl (C=O) groups excluding carboxylic acids is 1. The van der Waals surface area contributed by atoms with Crippen LogP contribution in [-0.2, 0) is 11.3 Å². The van der Waals surface area contributed by atoms with Crippen LogP contribution in [-0.4, -0.2) is 34.1 Å². The van der Waals surface area contributed by atoms with E-state index in [9.17, 15) is 4.79 Å². The molecule has 2 heterocycles. The van der Waals surface area contributed by atoms with Crippen molar-refractivity contribution in [2.24, 2.45) is 0 Å². The molecule has 1 aromatic heterocycles. The van der Waals surface area contributed by atoms with Gasteiger partial charge in [-0.15, -0.1) is 0 Å². The number of amides is 1. The molecule has 30 heavy (non-hydrogen) atoms. The van der Waals surface area contributed by atoms with E-state index in [1.807, 2.05) is 35.2 Å². The van der Waals surface area contributed by atoms with Crippen LogP contribution < -0.4 is 4.74 Å². The number of nitriles is 1. The first-order valence-electron chi connectivity index (χ1n) is 10.00. The van der Waals surface area contributed by atoms with Crippen molar-refractivity contribution in [3.8, 4) is 23.3 Å². The van der Waals surface area contributed by atoms with E-state index in [0.29, 0.717) is 49.0 Å². The Morgan fingerprint density at radius 2 is 2.10 bits per heavy atom. The number of hydrogen-bond donors (Lipinski definition) is 0. The monoisotopic (exact) mass is 402 g/mol. The van der Waals surface area contributed by atoms with Crippen LogP contribution in [0.25, 0.3) is 11.5 Å². The molecule has 1 atom stereocenters. The number of likely N-dealkylation sites (tertiary alicyclic amines) is 1. The number of nitrogens with zero attached hydrogens (tertiary/aromatic N) is 4. The zero-order chi connectivity index (χ0) is 20.9. The van der Waals surface area contributed by atoms with Crippen LogP contribution in [0.4, 0.5) is 0 Å². The fraction of sp³-hybridized carbons (Fsp3) is 0.304. The quantitative estimate of drug-likeness (QED) is 0.595. The van der Waals surface area contributed by atoms with Crippen LogP contribution in [0.2, 0.25) is 0 Å². The smallest absolute Gasteiger partial charge is 0.257 e. The molecule has 1 fully saturated rings. The molecule has 3 aromatic rings. The van der Waals surface area contributed by atoms with Crippen molar-refractivity contribution in [1.29, 1.82) is 5.26 Å². The normalized spacial score (nSPS) is 15.9. The van der Waals surface area contributed by atoms with Gasteiger partial charge in [-0.05, 0) is 42.3 Å². The lowest BCUT2D eigenvalue weighted by atomic mass is 10.1. The molecule has 152 valence electrons. The van der Waals surface area contributed by atoms with E-state index in [2.05, 4.69) is 23.1 Å². The summed E-state index contributed by atoms with van der Waals surface area (Å²) in [6.45, 7) is 3.85. The summed E-state index contributed by atoms with van der Waals surface area (Å²) in [6, 6.07) is 17.0. The number of hydrogen-bond acceptors (Lipinski definition) is 6. The van der Waals surface area contributed by atoms with Gasteiger partial charge in [0.25, 0.3) is 5.89 Å². The Balaban J connectivity index is 1.41. The number of benzene rings is 2. The molecule has 0 bridgehead atoms. The molecule has 1 saturated heterocycles. The van der Waals surface area contributed by atoms with Crippen molar-refractivity contribution in [2.75, 3.05) is 13.2 Å². The van der Waals surface area contributed by atoms with E-state index in [1.54, 1.807) is 18.2 Å². The van der Waals surface area contributed by atoms with Gasteiger partial charge in [0.2, 0.25) is 5.91 Å². The summed E-state index contributed by atoms with van der Waals surface area (Å²) < 4.78 is 11.0. The molecule has 4 rings (SSSR count). The van der Waals surface area contributed by atoms with Gasteiger partial charge in [0.05, 0.1) is 18.2 Å². The van der Waals surface area contributed by atoms with E-state index >= 15 is 0 Å². The lowest BCUT2D eigenvalue weighted by Crippen LogP contribution is -2.24. The molecule has 0 spiro atoms. The Morgan fingerprint density at radius 3 is 2.87 bits per heavy atom. The molecule has 7 nitrogen and oxygen atoms in total. The predicted molar refractivity (Wildman–Crippen MR) is 109 cm³/mol. The Morgan fingerprint density at radius 1 is 1.27 bits per heavy atom. The zero-order valence-electron chi connectivity index (χ0n) is 16.7. The summed E-state index contributed by atoms with van der Waals surface area (Å²) in [5, 5.41) is 13.1. The Labute approximate surface area is 174 Å². The molecule has 1 unspecified atom stereocenters. The molecule has 2 aromatic carbocycles. The van der Waals surface area contributed by atoms with Gasteiger partial charge in [-0.3, -0.25) is 4.79 Å². The minimum absolute atomic E-state index is 0.0733. The Hall–Kier alpha value is -3.66. The van der Waals surface area contributed by atoms with Crippen LogP contribution >= 0.6 is 0 Å². The van der Waals surface area contributed by atoms with Crippen LogP contribution in [0.5, 0.6) is 5.75 Å². The number of carbonyl (C=O) groups is 1. The molecule has 0 N–H and O–H groups in total. The number of aromatic nitrogens is 2. The fourth-order valence-corrected chi connectivity index (χ4v) is 3.47. The van der Waals surface area contributed by atoms with Gasteiger partial charge < -0.3 is 14.2 Å². The van der Waals surface area contributed by atoms with Crippen LogP contribution in [0, 0.1) is 11.3 Å². The van der Waals surface area contributed by atoms with Crippen molar-refractivity contribution in [3.05, 3.63) is 65.5 Å². The Kier molecular flexibility index (Phi) is 5.75. The number of ether oxygens (including phenoxy) is 1. The van der Waals surface area contributed by atoms with Crippen LogP contribution in [0.15, 0.2) is 53.1 Å². The van der Waals surface area contributed by atoms with Gasteiger partial charge in [-0.2, -0.15) is 10.2 Å². The third-order valence-electron chi connectivity index (χ3n) is 5.03. The van der Waals surface area contributed by atoms with Crippen molar-refractivity contribution in [1.82, 2.24) is 15.0 Å². The predicted octanol–water partition coefficient (Wildman–Crippen LogP) is 3.91. The van der Waals surface area contributed by atoms with Crippen molar-refractivity contribution in [3.63, 3.8) is 0 Å². The molecule has 0 radical (unpaired) electrons. The minimum Gasteiger partial charge on any atom is -0.494 e. The third kappa shape index (κ3) is 4.33. The van der Waals surface area contributed by atoms with Crippen molar-refractivity contribution < 1.29 is 14.1 Å². The molecular formula is C23H22N4O3. The summed E-state index contributed by atoms with van der Waals surface area (Å²) in [6.07, 6.45) is 1.32. The summed E-state index contributed by atoms with van der Waals surface area (Å²) in [5.74, 6) is 1.68. The van der Waals surface area contributed by atoms with E-state index in [0.717, 1.165) is 17.7 Å². The van der Waals surface area contributed by atoms with Crippen LogP contribution in [0.3, 0.4) is 0 Å². The highest BCUT2D eigenvalue weighted by Crippen LogP contribution is 2.29.